The van der Waals surface area contributed by atoms with E-state index in [1.165, 1.54) is 6.92 Å². The van der Waals surface area contributed by atoms with Gasteiger partial charge in [-0.3, -0.25) is 4.79 Å². The van der Waals surface area contributed by atoms with Crippen molar-refractivity contribution < 1.29 is 17.4 Å². The van der Waals surface area contributed by atoms with Crippen molar-refractivity contribution in [3.05, 3.63) is 25.0 Å². The Balaban J connectivity index is 4.72. The Morgan fingerprint density at radius 1 is 1.55 bits per heavy atom. The highest BCUT2D eigenvalue weighted by atomic mass is 32.2. The first-order valence-electron chi connectivity index (χ1n) is 2.66. The second kappa shape index (κ2) is 3.34. The Bertz CT molecular complexity index is 286. The number of hydrogen-bond acceptors (Lipinski definition) is 4. The highest BCUT2D eigenvalue weighted by Gasteiger charge is 2.22. The fraction of sp³-hybridized carbons (Fsp3) is 0.167. The standard InChI is InChI=1S/C6H8O4S/c1-4-10-11(8,9)6(7)5(2)3/h4H,1-2H2,3H3. The SMILES string of the molecule is C=COS(=O)(=O)C(=O)C(=C)C. The van der Waals surface area contributed by atoms with Crippen LogP contribution in [0.1, 0.15) is 6.92 Å². The van der Waals surface area contributed by atoms with E-state index in [0.29, 0.717) is 6.26 Å². The molecule has 0 heterocycles. The van der Waals surface area contributed by atoms with E-state index in [4.69, 9.17) is 0 Å². The van der Waals surface area contributed by atoms with Gasteiger partial charge in [0.05, 0.1) is 6.26 Å². The van der Waals surface area contributed by atoms with Crippen LogP contribution < -0.4 is 0 Å². The number of carbonyl (C=O) groups is 1. The topological polar surface area (TPSA) is 60.4 Å². The number of carbonyl (C=O) groups excluding carboxylic acids is 1. The number of hydrogen-bond donors (Lipinski definition) is 0. The first kappa shape index (κ1) is 9.90. The van der Waals surface area contributed by atoms with E-state index in [1.54, 1.807) is 0 Å². The maximum Gasteiger partial charge on any atom is 0.377 e. The molecule has 0 spiro atoms. The fourth-order valence-corrected chi connectivity index (χ4v) is 1.04. The van der Waals surface area contributed by atoms with Gasteiger partial charge in [-0.15, -0.1) is 0 Å². The first-order chi connectivity index (χ1) is 4.91. The third-order valence-corrected chi connectivity index (χ3v) is 1.96. The zero-order valence-electron chi connectivity index (χ0n) is 6.03. The molecule has 0 aromatic carbocycles. The van der Waals surface area contributed by atoms with Crippen molar-refractivity contribution >= 4 is 15.2 Å². The zero-order chi connectivity index (χ0) is 9.07. The molecule has 0 radical (unpaired) electrons. The molecule has 0 atom stereocenters. The van der Waals surface area contributed by atoms with Gasteiger partial charge in [-0.05, 0) is 6.92 Å². The molecular weight excluding hydrogens is 168 g/mol. The van der Waals surface area contributed by atoms with E-state index in [2.05, 4.69) is 17.3 Å². The smallest absolute Gasteiger partial charge is 0.377 e. The van der Waals surface area contributed by atoms with Crippen molar-refractivity contribution in [1.82, 2.24) is 0 Å². The Hall–Kier alpha value is -1.10. The monoisotopic (exact) mass is 176 g/mol. The molecule has 4 nitrogen and oxygen atoms in total. The Morgan fingerprint density at radius 3 is 2.27 bits per heavy atom. The minimum atomic E-state index is -4.17. The first-order valence-corrected chi connectivity index (χ1v) is 4.06. The average Bonchev–Trinajstić information content (AvgIpc) is 1.86. The van der Waals surface area contributed by atoms with Gasteiger partial charge >= 0.3 is 15.2 Å². The molecule has 0 aliphatic rings. The summed E-state index contributed by atoms with van der Waals surface area (Å²) in [6.07, 6.45) is 0.677. The lowest BCUT2D eigenvalue weighted by atomic mass is 10.4. The molecule has 0 N–H and O–H groups in total. The molecule has 0 aliphatic heterocycles. The van der Waals surface area contributed by atoms with Crippen LogP contribution >= 0.6 is 0 Å². The molecule has 0 rings (SSSR count). The summed E-state index contributed by atoms with van der Waals surface area (Å²) in [5.41, 5.74) is -0.0909. The summed E-state index contributed by atoms with van der Waals surface area (Å²) in [6, 6.07) is 0. The number of rotatable bonds is 3. The normalized spacial score (nSPS) is 10.3. The van der Waals surface area contributed by atoms with E-state index < -0.39 is 15.2 Å². The molecule has 0 saturated heterocycles. The van der Waals surface area contributed by atoms with E-state index in [0.717, 1.165) is 0 Å². The van der Waals surface area contributed by atoms with Crippen LogP contribution in [-0.4, -0.2) is 13.5 Å². The summed E-state index contributed by atoms with van der Waals surface area (Å²) in [5.74, 6) is 0. The molecule has 11 heavy (non-hydrogen) atoms. The highest BCUT2D eigenvalue weighted by molar-refractivity contribution is 8.02. The van der Waals surface area contributed by atoms with E-state index in [1.807, 2.05) is 0 Å². The minimum Gasteiger partial charge on any atom is -0.385 e. The summed E-state index contributed by atoms with van der Waals surface area (Å²) in [7, 11) is -4.17. The van der Waals surface area contributed by atoms with Crippen LogP contribution in [0.3, 0.4) is 0 Å². The minimum absolute atomic E-state index is 0.0909. The second-order valence-electron chi connectivity index (χ2n) is 1.78. The van der Waals surface area contributed by atoms with E-state index in [-0.39, 0.29) is 5.57 Å². The summed E-state index contributed by atoms with van der Waals surface area (Å²) in [4.78, 5) is 10.7. The van der Waals surface area contributed by atoms with Gasteiger partial charge in [0, 0.05) is 5.57 Å². The molecule has 62 valence electrons. The Labute approximate surface area is 65.3 Å². The third kappa shape index (κ3) is 2.55. The van der Waals surface area contributed by atoms with Crippen molar-refractivity contribution in [3.8, 4) is 0 Å². The molecule has 0 saturated carbocycles. The fourth-order valence-electron chi connectivity index (χ4n) is 0.347. The highest BCUT2D eigenvalue weighted by Crippen LogP contribution is 2.02. The summed E-state index contributed by atoms with van der Waals surface area (Å²) < 4.78 is 25.3. The van der Waals surface area contributed by atoms with Crippen LogP contribution in [0, 0.1) is 0 Å². The molecule has 0 aromatic heterocycles. The van der Waals surface area contributed by atoms with Crippen molar-refractivity contribution in [1.29, 1.82) is 0 Å². The van der Waals surface area contributed by atoms with Gasteiger partial charge in [-0.25, -0.2) is 0 Å². The van der Waals surface area contributed by atoms with Gasteiger partial charge in [0.15, 0.2) is 0 Å². The predicted molar refractivity (Wildman–Crippen MR) is 40.0 cm³/mol. The van der Waals surface area contributed by atoms with Gasteiger partial charge in [-0.1, -0.05) is 13.2 Å². The van der Waals surface area contributed by atoms with Crippen LogP contribution in [-0.2, 0) is 19.1 Å². The molecular formula is C6H8O4S. The largest absolute Gasteiger partial charge is 0.385 e. The second-order valence-corrected chi connectivity index (χ2v) is 3.26. The van der Waals surface area contributed by atoms with Crippen LogP contribution in [0.25, 0.3) is 0 Å². The van der Waals surface area contributed by atoms with Crippen LogP contribution in [0.4, 0.5) is 0 Å². The zero-order valence-corrected chi connectivity index (χ0v) is 6.85. The van der Waals surface area contributed by atoms with Crippen LogP contribution in [0.15, 0.2) is 25.0 Å². The van der Waals surface area contributed by atoms with Crippen LogP contribution in [0.5, 0.6) is 0 Å². The maximum absolute atomic E-state index is 10.7. The van der Waals surface area contributed by atoms with Gasteiger partial charge in [0.1, 0.15) is 0 Å². The molecule has 0 unspecified atom stereocenters. The Morgan fingerprint density at radius 2 is 2.00 bits per heavy atom. The lowest BCUT2D eigenvalue weighted by Gasteiger charge is -1.98. The molecule has 0 bridgehead atoms. The average molecular weight is 176 g/mol. The van der Waals surface area contributed by atoms with E-state index >= 15 is 0 Å². The lowest BCUT2D eigenvalue weighted by Crippen LogP contribution is -2.15. The molecule has 0 amide bonds. The molecule has 0 aromatic rings. The summed E-state index contributed by atoms with van der Waals surface area (Å²) in [6.45, 7) is 7.45. The summed E-state index contributed by atoms with van der Waals surface area (Å²) in [5, 5.41) is -1.13. The molecule has 5 heteroatoms. The van der Waals surface area contributed by atoms with Crippen molar-refractivity contribution in [2.75, 3.05) is 0 Å². The Kier molecular flexibility index (Phi) is 3.00. The van der Waals surface area contributed by atoms with Gasteiger partial charge in [0.25, 0.3) is 0 Å². The lowest BCUT2D eigenvalue weighted by molar-refractivity contribution is -0.109. The quantitative estimate of drug-likeness (QED) is 0.358. The van der Waals surface area contributed by atoms with Crippen LogP contribution in [0.2, 0.25) is 0 Å². The third-order valence-electron chi connectivity index (χ3n) is 0.770. The predicted octanol–water partition coefficient (Wildman–Crippen LogP) is 0.579. The van der Waals surface area contributed by atoms with Crippen molar-refractivity contribution in [2.45, 2.75) is 6.92 Å². The molecule has 0 fully saturated rings. The summed E-state index contributed by atoms with van der Waals surface area (Å²) >= 11 is 0. The van der Waals surface area contributed by atoms with E-state index in [9.17, 15) is 13.2 Å². The van der Waals surface area contributed by atoms with Gasteiger partial charge < -0.3 is 4.18 Å². The van der Waals surface area contributed by atoms with Crippen molar-refractivity contribution in [2.24, 2.45) is 0 Å². The maximum atomic E-state index is 10.7. The van der Waals surface area contributed by atoms with Gasteiger partial charge in [-0.2, -0.15) is 8.42 Å². The van der Waals surface area contributed by atoms with Gasteiger partial charge in [0.2, 0.25) is 0 Å². The van der Waals surface area contributed by atoms with Crippen molar-refractivity contribution in [3.63, 3.8) is 0 Å². The molecule has 0 aliphatic carbocycles.